The predicted molar refractivity (Wildman–Crippen MR) is 92.9 cm³/mol. The summed E-state index contributed by atoms with van der Waals surface area (Å²) in [5.41, 5.74) is 5.08. The Bertz CT molecular complexity index is 706. The van der Waals surface area contributed by atoms with Crippen molar-refractivity contribution in [2.75, 3.05) is 13.7 Å². The maximum Gasteiger partial charge on any atom is 0.138 e. The number of benzene rings is 1. The second kappa shape index (κ2) is 7.32. The van der Waals surface area contributed by atoms with Crippen LogP contribution >= 0.6 is 0 Å². The van der Waals surface area contributed by atoms with Crippen molar-refractivity contribution in [3.05, 3.63) is 59.4 Å². The molecule has 3 rings (SSSR count). The summed E-state index contributed by atoms with van der Waals surface area (Å²) < 4.78 is 11.5. The van der Waals surface area contributed by atoms with E-state index in [1.54, 1.807) is 13.3 Å². The molecule has 3 heteroatoms. The molecule has 1 heterocycles. The van der Waals surface area contributed by atoms with Crippen molar-refractivity contribution in [2.24, 2.45) is 0 Å². The summed E-state index contributed by atoms with van der Waals surface area (Å²) in [6.45, 7) is 2.65. The second-order valence-electron chi connectivity index (χ2n) is 5.98. The number of allylic oxidation sites excluding steroid dienone is 1. The van der Waals surface area contributed by atoms with Gasteiger partial charge in [0.1, 0.15) is 18.1 Å². The van der Waals surface area contributed by atoms with E-state index in [0.29, 0.717) is 6.61 Å². The summed E-state index contributed by atoms with van der Waals surface area (Å²) >= 11 is 0. The van der Waals surface area contributed by atoms with Gasteiger partial charge >= 0.3 is 0 Å². The van der Waals surface area contributed by atoms with Crippen LogP contribution in [0.2, 0.25) is 0 Å². The SMILES string of the molecule is COc1ccccc1C1=C(COc2cncc(C)c2)CCCC1. The number of ether oxygens (including phenoxy) is 2. The molecular formula is C20H23NO2. The number of pyridine rings is 1. The van der Waals surface area contributed by atoms with E-state index in [-0.39, 0.29) is 0 Å². The highest BCUT2D eigenvalue weighted by molar-refractivity contribution is 5.74. The molecule has 0 aliphatic heterocycles. The van der Waals surface area contributed by atoms with E-state index < -0.39 is 0 Å². The first-order chi connectivity index (χ1) is 11.3. The van der Waals surface area contributed by atoms with Gasteiger partial charge in [0.15, 0.2) is 0 Å². The molecule has 1 aromatic carbocycles. The van der Waals surface area contributed by atoms with E-state index in [2.05, 4.69) is 17.1 Å². The molecule has 0 spiro atoms. The Balaban J connectivity index is 1.86. The standard InChI is InChI=1S/C20H23NO2/c1-15-11-17(13-21-12-15)23-14-16-7-3-4-8-18(16)19-9-5-6-10-20(19)22-2/h5-6,9-13H,3-4,7-8,14H2,1-2H3. The van der Waals surface area contributed by atoms with Crippen molar-refractivity contribution in [1.82, 2.24) is 4.98 Å². The van der Waals surface area contributed by atoms with Gasteiger partial charge in [0, 0.05) is 11.8 Å². The lowest BCUT2D eigenvalue weighted by atomic mass is 9.87. The zero-order valence-electron chi connectivity index (χ0n) is 13.8. The summed E-state index contributed by atoms with van der Waals surface area (Å²) in [6.07, 6.45) is 8.25. The Morgan fingerprint density at radius 1 is 1.09 bits per heavy atom. The number of methoxy groups -OCH3 is 1. The van der Waals surface area contributed by atoms with Crippen LogP contribution < -0.4 is 9.47 Å². The molecule has 2 aromatic rings. The smallest absolute Gasteiger partial charge is 0.138 e. The Morgan fingerprint density at radius 2 is 1.91 bits per heavy atom. The molecule has 0 fully saturated rings. The fourth-order valence-electron chi connectivity index (χ4n) is 3.12. The first kappa shape index (κ1) is 15.6. The van der Waals surface area contributed by atoms with Crippen LogP contribution in [0.1, 0.15) is 36.8 Å². The van der Waals surface area contributed by atoms with Crippen molar-refractivity contribution >= 4 is 5.57 Å². The normalized spacial score (nSPS) is 14.7. The van der Waals surface area contributed by atoms with E-state index in [0.717, 1.165) is 29.9 Å². The number of rotatable bonds is 5. The summed E-state index contributed by atoms with van der Waals surface area (Å²) in [5.74, 6) is 1.78. The largest absolute Gasteiger partial charge is 0.496 e. The van der Waals surface area contributed by atoms with Crippen LogP contribution in [-0.4, -0.2) is 18.7 Å². The molecule has 120 valence electrons. The highest BCUT2D eigenvalue weighted by Gasteiger charge is 2.17. The van der Waals surface area contributed by atoms with Crippen molar-refractivity contribution in [1.29, 1.82) is 0 Å². The zero-order chi connectivity index (χ0) is 16.1. The summed E-state index contributed by atoms with van der Waals surface area (Å²) in [5, 5.41) is 0. The molecule has 1 aliphatic carbocycles. The lowest BCUT2D eigenvalue weighted by Crippen LogP contribution is -2.09. The number of aromatic nitrogens is 1. The molecule has 1 aromatic heterocycles. The van der Waals surface area contributed by atoms with Gasteiger partial charge in [0.25, 0.3) is 0 Å². The lowest BCUT2D eigenvalue weighted by molar-refractivity contribution is 0.343. The van der Waals surface area contributed by atoms with Crippen molar-refractivity contribution in [2.45, 2.75) is 32.6 Å². The minimum atomic E-state index is 0.624. The first-order valence-electron chi connectivity index (χ1n) is 8.16. The second-order valence-corrected chi connectivity index (χ2v) is 5.98. The third-order valence-electron chi connectivity index (χ3n) is 4.28. The van der Waals surface area contributed by atoms with Crippen LogP contribution in [0.3, 0.4) is 0 Å². The van der Waals surface area contributed by atoms with Gasteiger partial charge in [-0.3, -0.25) is 4.98 Å². The van der Waals surface area contributed by atoms with Crippen molar-refractivity contribution in [3.63, 3.8) is 0 Å². The van der Waals surface area contributed by atoms with Crippen LogP contribution in [0.5, 0.6) is 11.5 Å². The Hall–Kier alpha value is -2.29. The Morgan fingerprint density at radius 3 is 2.74 bits per heavy atom. The average Bonchev–Trinajstić information content (AvgIpc) is 2.60. The number of nitrogens with zero attached hydrogens (tertiary/aromatic N) is 1. The minimum Gasteiger partial charge on any atom is -0.496 e. The average molecular weight is 309 g/mol. The van der Waals surface area contributed by atoms with Crippen molar-refractivity contribution < 1.29 is 9.47 Å². The quantitative estimate of drug-likeness (QED) is 0.794. The summed E-state index contributed by atoms with van der Waals surface area (Å²) in [4.78, 5) is 4.19. The maximum atomic E-state index is 5.99. The number of hydrogen-bond acceptors (Lipinski definition) is 3. The number of para-hydroxylation sites is 1. The fraction of sp³-hybridized carbons (Fsp3) is 0.350. The van der Waals surface area contributed by atoms with E-state index >= 15 is 0 Å². The number of aryl methyl sites for hydroxylation is 1. The zero-order valence-corrected chi connectivity index (χ0v) is 13.8. The van der Waals surface area contributed by atoms with E-state index in [4.69, 9.17) is 9.47 Å². The summed E-state index contributed by atoms with van der Waals surface area (Å²) in [7, 11) is 1.73. The molecule has 23 heavy (non-hydrogen) atoms. The van der Waals surface area contributed by atoms with Crippen LogP contribution in [0.25, 0.3) is 5.57 Å². The Labute approximate surface area is 138 Å². The predicted octanol–water partition coefficient (Wildman–Crippen LogP) is 4.81. The van der Waals surface area contributed by atoms with E-state index in [9.17, 15) is 0 Å². The molecule has 0 radical (unpaired) electrons. The molecule has 0 amide bonds. The molecule has 3 nitrogen and oxygen atoms in total. The number of hydrogen-bond donors (Lipinski definition) is 0. The van der Waals surface area contributed by atoms with E-state index in [1.165, 1.54) is 29.6 Å². The third kappa shape index (κ3) is 3.73. The maximum absolute atomic E-state index is 5.99. The monoisotopic (exact) mass is 309 g/mol. The molecule has 0 bridgehead atoms. The van der Waals surface area contributed by atoms with Crippen molar-refractivity contribution in [3.8, 4) is 11.5 Å². The van der Waals surface area contributed by atoms with Gasteiger partial charge in [-0.1, -0.05) is 18.2 Å². The van der Waals surface area contributed by atoms with Gasteiger partial charge < -0.3 is 9.47 Å². The third-order valence-corrected chi connectivity index (χ3v) is 4.28. The molecule has 0 saturated carbocycles. The van der Waals surface area contributed by atoms with Gasteiger partial charge in [-0.25, -0.2) is 0 Å². The molecule has 0 N–H and O–H groups in total. The fourth-order valence-corrected chi connectivity index (χ4v) is 3.12. The van der Waals surface area contributed by atoms with Gasteiger partial charge in [0.2, 0.25) is 0 Å². The van der Waals surface area contributed by atoms with Crippen LogP contribution in [0, 0.1) is 6.92 Å². The van der Waals surface area contributed by atoms with E-state index in [1.807, 2.05) is 31.3 Å². The highest BCUT2D eigenvalue weighted by Crippen LogP contribution is 2.36. The topological polar surface area (TPSA) is 31.4 Å². The van der Waals surface area contributed by atoms with Gasteiger partial charge in [0.05, 0.1) is 13.3 Å². The van der Waals surface area contributed by atoms with Gasteiger partial charge in [-0.2, -0.15) is 0 Å². The lowest BCUT2D eigenvalue weighted by Gasteiger charge is -2.22. The molecule has 0 atom stereocenters. The van der Waals surface area contributed by atoms with Gasteiger partial charge in [-0.05, 0) is 61.4 Å². The van der Waals surface area contributed by atoms with Gasteiger partial charge in [-0.15, -0.1) is 0 Å². The minimum absolute atomic E-state index is 0.624. The highest BCUT2D eigenvalue weighted by atomic mass is 16.5. The van der Waals surface area contributed by atoms with Crippen LogP contribution in [0.15, 0.2) is 48.3 Å². The molecular weight excluding hydrogens is 286 g/mol. The molecule has 0 saturated heterocycles. The first-order valence-corrected chi connectivity index (χ1v) is 8.16. The molecule has 0 unspecified atom stereocenters. The Kier molecular flexibility index (Phi) is 4.96. The van der Waals surface area contributed by atoms with Crippen LogP contribution in [-0.2, 0) is 0 Å². The summed E-state index contributed by atoms with van der Waals surface area (Å²) in [6, 6.07) is 10.3. The molecule has 1 aliphatic rings. The van der Waals surface area contributed by atoms with Crippen LogP contribution in [0.4, 0.5) is 0 Å².